The lowest BCUT2D eigenvalue weighted by molar-refractivity contribution is 0.0686. The van der Waals surface area contributed by atoms with Gasteiger partial charge < -0.3 is 5.11 Å². The van der Waals surface area contributed by atoms with E-state index in [0.29, 0.717) is 12.0 Å². The summed E-state index contributed by atoms with van der Waals surface area (Å²) < 4.78 is 0. The van der Waals surface area contributed by atoms with E-state index in [-0.39, 0.29) is 17.0 Å². The van der Waals surface area contributed by atoms with E-state index in [2.05, 4.69) is 4.98 Å². The van der Waals surface area contributed by atoms with Gasteiger partial charge in [0.05, 0.1) is 5.56 Å². The molecular weight excluding hydrogens is 266 g/mol. The Hall–Kier alpha value is -2.49. The summed E-state index contributed by atoms with van der Waals surface area (Å²) >= 11 is 0. The molecule has 0 aromatic carbocycles. The van der Waals surface area contributed by atoms with Gasteiger partial charge in [-0.1, -0.05) is 43.7 Å². The minimum absolute atomic E-state index is 0.116. The first-order valence-electron chi connectivity index (χ1n) is 6.87. The van der Waals surface area contributed by atoms with Crippen LogP contribution in [0.5, 0.6) is 0 Å². The molecule has 0 bridgehead atoms. The van der Waals surface area contributed by atoms with Gasteiger partial charge in [-0.3, -0.25) is 4.79 Å². The first-order chi connectivity index (χ1) is 10.1. The van der Waals surface area contributed by atoms with Crippen molar-refractivity contribution < 1.29 is 14.7 Å². The van der Waals surface area contributed by atoms with Crippen LogP contribution >= 0.6 is 0 Å². The average Bonchev–Trinajstić information content (AvgIpc) is 2.73. The maximum Gasteiger partial charge on any atom is 0.355 e. The second-order valence-electron chi connectivity index (χ2n) is 4.21. The van der Waals surface area contributed by atoms with Crippen LogP contribution in [0.4, 0.5) is 0 Å². The molecule has 1 aromatic rings. The van der Waals surface area contributed by atoms with Crippen LogP contribution in [-0.2, 0) is 0 Å². The van der Waals surface area contributed by atoms with Gasteiger partial charge in [0.25, 0.3) is 0 Å². The fourth-order valence-corrected chi connectivity index (χ4v) is 1.81. The van der Waals surface area contributed by atoms with Gasteiger partial charge in [0, 0.05) is 11.8 Å². The second-order valence-corrected chi connectivity index (χ2v) is 4.21. The topological polar surface area (TPSA) is 67.3 Å². The molecule has 0 spiro atoms. The fraction of sp³-hybridized carbons (Fsp3) is 0.235. The van der Waals surface area contributed by atoms with Gasteiger partial charge in [-0.15, -0.1) is 0 Å². The van der Waals surface area contributed by atoms with Crippen molar-refractivity contribution in [3.63, 3.8) is 0 Å². The minimum Gasteiger partial charge on any atom is -0.476 e. The number of aromatic carboxylic acids is 1. The lowest BCUT2D eigenvalue weighted by Crippen LogP contribution is -2.11. The van der Waals surface area contributed by atoms with Gasteiger partial charge in [0.2, 0.25) is 0 Å². The van der Waals surface area contributed by atoms with Gasteiger partial charge in [-0.2, -0.15) is 0 Å². The maximum absolute atomic E-state index is 12.3. The molecule has 0 fully saturated rings. The fourth-order valence-electron chi connectivity index (χ4n) is 1.81. The third-order valence-corrected chi connectivity index (χ3v) is 2.82. The molecule has 0 aliphatic heterocycles. The van der Waals surface area contributed by atoms with Crippen molar-refractivity contribution in [2.75, 3.05) is 0 Å². The van der Waals surface area contributed by atoms with Gasteiger partial charge in [-0.05, 0) is 25.5 Å². The summed E-state index contributed by atoms with van der Waals surface area (Å²) in [5, 5.41) is 9.05. The number of aromatic nitrogens is 1. The number of pyridine rings is 1. The monoisotopic (exact) mass is 285 g/mol. The molecule has 1 aliphatic rings. The van der Waals surface area contributed by atoms with Crippen LogP contribution in [0.3, 0.4) is 0 Å². The summed E-state index contributed by atoms with van der Waals surface area (Å²) in [5.41, 5.74) is 1.47. The van der Waals surface area contributed by atoms with Crippen molar-refractivity contribution in [2.45, 2.75) is 27.2 Å². The van der Waals surface area contributed by atoms with E-state index in [1.165, 1.54) is 12.3 Å². The van der Waals surface area contributed by atoms with E-state index in [0.717, 1.165) is 5.57 Å². The molecule has 0 amide bonds. The molecule has 4 heteroatoms. The van der Waals surface area contributed by atoms with Crippen LogP contribution in [0.25, 0.3) is 0 Å². The molecule has 0 unspecified atom stereocenters. The Balaban J connectivity index is 0.00000106. The summed E-state index contributed by atoms with van der Waals surface area (Å²) in [4.78, 5) is 27.2. The largest absolute Gasteiger partial charge is 0.476 e. The van der Waals surface area contributed by atoms with Crippen LogP contribution < -0.4 is 0 Å². The normalized spacial score (nSPS) is 13.3. The first kappa shape index (κ1) is 16.6. The van der Waals surface area contributed by atoms with Gasteiger partial charge in [0.1, 0.15) is 0 Å². The van der Waals surface area contributed by atoms with Crippen LogP contribution in [-0.4, -0.2) is 21.8 Å². The second kappa shape index (κ2) is 7.94. The minimum atomic E-state index is -1.20. The molecule has 1 heterocycles. The van der Waals surface area contributed by atoms with Gasteiger partial charge in [-0.25, -0.2) is 9.78 Å². The number of allylic oxidation sites excluding steroid dienone is 6. The summed E-state index contributed by atoms with van der Waals surface area (Å²) in [6, 6.07) is 3.04. The Morgan fingerprint density at radius 1 is 1.19 bits per heavy atom. The summed E-state index contributed by atoms with van der Waals surface area (Å²) in [5.74, 6) is -1.51. The number of Topliss-reactive ketones (excluding diaryl/α,β-unsaturated/α-hetero) is 1. The number of hydrogen-bond donors (Lipinski definition) is 1. The Kier molecular flexibility index (Phi) is 6.27. The molecule has 4 nitrogen and oxygen atoms in total. The quantitative estimate of drug-likeness (QED) is 0.857. The summed E-state index contributed by atoms with van der Waals surface area (Å²) in [6.07, 6.45) is 9.35. The molecule has 1 N–H and O–H groups in total. The van der Waals surface area contributed by atoms with Gasteiger partial charge >= 0.3 is 5.97 Å². The highest BCUT2D eigenvalue weighted by Gasteiger charge is 2.19. The number of hydrogen-bond acceptors (Lipinski definition) is 3. The number of carbonyl (C=O) groups excluding carboxylic acids is 1. The van der Waals surface area contributed by atoms with E-state index in [1.54, 1.807) is 18.2 Å². The van der Waals surface area contributed by atoms with Crippen LogP contribution in [0.15, 0.2) is 53.8 Å². The van der Waals surface area contributed by atoms with E-state index in [9.17, 15) is 9.59 Å². The van der Waals surface area contributed by atoms with Crippen molar-refractivity contribution in [2.24, 2.45) is 0 Å². The zero-order chi connectivity index (χ0) is 15.8. The average molecular weight is 285 g/mol. The van der Waals surface area contributed by atoms with Crippen molar-refractivity contribution in [3.05, 3.63) is 65.0 Å². The standard InChI is InChI=1S/C15H13NO3.C2H6/c1-10-4-2-5-11(8-7-10)14(17)12-6-3-9-16-13(12)15(18)19;1-2/h3-9H,2H2,1H3,(H,18,19);1-2H3. The SMILES string of the molecule is CC.CC1=CCC=C(C(=O)c2cccnc2C(=O)O)C=C1. The van der Waals surface area contributed by atoms with Crippen molar-refractivity contribution >= 4 is 11.8 Å². The van der Waals surface area contributed by atoms with Crippen molar-refractivity contribution in [1.29, 1.82) is 0 Å². The van der Waals surface area contributed by atoms with Crippen LogP contribution in [0, 0.1) is 0 Å². The summed E-state index contributed by atoms with van der Waals surface area (Å²) in [7, 11) is 0. The molecule has 2 rings (SSSR count). The molecule has 110 valence electrons. The van der Waals surface area contributed by atoms with Crippen molar-refractivity contribution in [3.8, 4) is 0 Å². The predicted molar refractivity (Wildman–Crippen MR) is 82.5 cm³/mol. The highest BCUT2D eigenvalue weighted by atomic mass is 16.4. The molecule has 1 aromatic heterocycles. The van der Waals surface area contributed by atoms with E-state index in [4.69, 9.17) is 5.11 Å². The Bertz CT molecular complexity index is 625. The zero-order valence-electron chi connectivity index (χ0n) is 12.5. The lowest BCUT2D eigenvalue weighted by atomic mass is 10.0. The van der Waals surface area contributed by atoms with E-state index < -0.39 is 5.97 Å². The first-order valence-corrected chi connectivity index (χ1v) is 6.87. The summed E-state index contributed by atoms with van der Waals surface area (Å²) in [6.45, 7) is 5.95. The predicted octanol–water partition coefficient (Wildman–Crippen LogP) is 3.82. The van der Waals surface area contributed by atoms with Crippen LogP contribution in [0.1, 0.15) is 48.0 Å². The lowest BCUT2D eigenvalue weighted by Gasteiger charge is -2.04. The number of carboxylic acids is 1. The smallest absolute Gasteiger partial charge is 0.355 e. The van der Waals surface area contributed by atoms with Crippen molar-refractivity contribution in [1.82, 2.24) is 4.98 Å². The molecule has 0 atom stereocenters. The third-order valence-electron chi connectivity index (χ3n) is 2.82. The molecule has 0 saturated heterocycles. The van der Waals surface area contributed by atoms with E-state index >= 15 is 0 Å². The number of ketones is 1. The molecule has 0 saturated carbocycles. The number of carbonyl (C=O) groups is 2. The highest BCUT2D eigenvalue weighted by molar-refractivity contribution is 6.14. The number of nitrogens with zero attached hydrogens (tertiary/aromatic N) is 1. The number of carboxylic acid groups (broad SMARTS) is 1. The third kappa shape index (κ3) is 4.24. The molecule has 0 radical (unpaired) electrons. The maximum atomic E-state index is 12.3. The zero-order valence-corrected chi connectivity index (χ0v) is 12.5. The Morgan fingerprint density at radius 3 is 2.57 bits per heavy atom. The highest BCUT2D eigenvalue weighted by Crippen LogP contribution is 2.17. The number of rotatable bonds is 3. The molecule has 21 heavy (non-hydrogen) atoms. The van der Waals surface area contributed by atoms with E-state index in [1.807, 2.05) is 32.9 Å². The Morgan fingerprint density at radius 2 is 1.90 bits per heavy atom. The molecule has 1 aliphatic carbocycles. The Labute approximate surface area is 124 Å². The molecular formula is C17H19NO3. The van der Waals surface area contributed by atoms with Crippen LogP contribution in [0.2, 0.25) is 0 Å². The van der Waals surface area contributed by atoms with Gasteiger partial charge in [0.15, 0.2) is 11.5 Å².